The summed E-state index contributed by atoms with van der Waals surface area (Å²) in [5, 5.41) is 0. The fourth-order valence-electron chi connectivity index (χ4n) is 4.88. The lowest BCUT2D eigenvalue weighted by Gasteiger charge is -2.33. The van der Waals surface area contributed by atoms with Crippen molar-refractivity contribution in [1.82, 2.24) is 4.90 Å². The molecule has 2 bridgehead atoms. The van der Waals surface area contributed by atoms with Crippen LogP contribution in [0.5, 0.6) is 0 Å². The van der Waals surface area contributed by atoms with Crippen LogP contribution in [0.2, 0.25) is 0 Å². The summed E-state index contributed by atoms with van der Waals surface area (Å²) in [6.45, 7) is 2.59. The van der Waals surface area contributed by atoms with Crippen molar-refractivity contribution in [3.8, 4) is 0 Å². The Morgan fingerprint density at radius 3 is 2.29 bits per heavy atom. The maximum atomic E-state index is 13.2. The second kappa shape index (κ2) is 6.24. The number of fused-ring (bicyclic) bond motifs is 5. The Labute approximate surface area is 163 Å². The molecule has 28 heavy (non-hydrogen) atoms. The third kappa shape index (κ3) is 2.33. The van der Waals surface area contributed by atoms with Crippen molar-refractivity contribution in [2.45, 2.75) is 25.6 Å². The van der Waals surface area contributed by atoms with E-state index < -0.39 is 17.9 Å². The molecular weight excluding hydrogens is 352 g/mol. The minimum absolute atomic E-state index is 0.0894. The number of carbonyl (C=O) groups is 3. The Morgan fingerprint density at radius 1 is 0.857 bits per heavy atom. The number of amides is 2. The molecule has 140 valence electrons. The molecule has 0 saturated carbocycles. The summed E-state index contributed by atoms with van der Waals surface area (Å²) < 4.78 is 0. The Bertz CT molecular complexity index is 1010. The molecule has 3 aliphatic heterocycles. The highest BCUT2D eigenvalue weighted by atomic mass is 16.2. The molecule has 0 radical (unpaired) electrons. The summed E-state index contributed by atoms with van der Waals surface area (Å²) in [7, 11) is 0. The summed E-state index contributed by atoms with van der Waals surface area (Å²) in [6.07, 6.45) is 3.36. The fourth-order valence-corrected chi connectivity index (χ4v) is 4.88. The van der Waals surface area contributed by atoms with Gasteiger partial charge in [0.2, 0.25) is 11.8 Å². The van der Waals surface area contributed by atoms with Gasteiger partial charge in [-0.15, -0.1) is 0 Å². The van der Waals surface area contributed by atoms with Gasteiger partial charge in [0.15, 0.2) is 5.78 Å². The summed E-state index contributed by atoms with van der Waals surface area (Å²) >= 11 is 0. The van der Waals surface area contributed by atoms with Crippen LogP contribution < -0.4 is 4.90 Å². The lowest BCUT2D eigenvalue weighted by Crippen LogP contribution is -2.48. The largest absolute Gasteiger partial charge is 0.293 e. The van der Waals surface area contributed by atoms with E-state index in [0.717, 1.165) is 11.1 Å². The maximum absolute atomic E-state index is 13.2. The Balaban J connectivity index is 1.53. The van der Waals surface area contributed by atoms with Crippen LogP contribution >= 0.6 is 0 Å². The van der Waals surface area contributed by atoms with Crippen LogP contribution in [0.3, 0.4) is 0 Å². The smallest absolute Gasteiger partial charge is 0.239 e. The van der Waals surface area contributed by atoms with E-state index in [1.54, 1.807) is 36.4 Å². The standard InChI is InChI=1S/C23H20N2O3/c1-14-7-5-6-8-15(14)13-24-17-11-12-18(26)21(24)20-19(17)22(27)25(23(20)28)16-9-3-2-4-10-16/h2-12,17,19-21H,13H2,1H3/t17-,19-,20-,21+/m0/s1. The summed E-state index contributed by atoms with van der Waals surface area (Å²) in [6, 6.07) is 16.2. The molecule has 2 aromatic rings. The van der Waals surface area contributed by atoms with Crippen molar-refractivity contribution in [3.05, 3.63) is 77.9 Å². The minimum atomic E-state index is -0.621. The van der Waals surface area contributed by atoms with Crippen LogP contribution in [-0.2, 0) is 20.9 Å². The van der Waals surface area contributed by atoms with E-state index in [1.807, 2.05) is 42.2 Å². The molecule has 2 saturated heterocycles. The van der Waals surface area contributed by atoms with Gasteiger partial charge in [0.25, 0.3) is 0 Å². The molecule has 2 fully saturated rings. The third-order valence-electron chi connectivity index (χ3n) is 6.22. The van der Waals surface area contributed by atoms with Crippen LogP contribution in [0.1, 0.15) is 11.1 Å². The molecule has 3 aliphatic rings. The number of nitrogens with zero attached hydrogens (tertiary/aromatic N) is 2. The Hall–Kier alpha value is -3.05. The van der Waals surface area contributed by atoms with Crippen LogP contribution in [0.25, 0.3) is 0 Å². The highest BCUT2D eigenvalue weighted by molar-refractivity contribution is 6.24. The molecule has 5 nitrogen and oxygen atoms in total. The summed E-state index contributed by atoms with van der Waals surface area (Å²) in [5.41, 5.74) is 2.82. The third-order valence-corrected chi connectivity index (χ3v) is 6.22. The minimum Gasteiger partial charge on any atom is -0.293 e. The molecule has 0 unspecified atom stereocenters. The van der Waals surface area contributed by atoms with E-state index in [4.69, 9.17) is 0 Å². The van der Waals surface area contributed by atoms with Crippen LogP contribution in [0.4, 0.5) is 5.69 Å². The number of anilines is 1. The van der Waals surface area contributed by atoms with Gasteiger partial charge in [-0.3, -0.25) is 19.3 Å². The van der Waals surface area contributed by atoms with Crippen molar-refractivity contribution < 1.29 is 14.4 Å². The first kappa shape index (κ1) is 17.1. The number of hydrogen-bond acceptors (Lipinski definition) is 4. The number of aryl methyl sites for hydroxylation is 1. The second-order valence-electron chi connectivity index (χ2n) is 7.69. The van der Waals surface area contributed by atoms with Gasteiger partial charge >= 0.3 is 0 Å². The van der Waals surface area contributed by atoms with Crippen LogP contribution in [-0.4, -0.2) is 34.6 Å². The lowest BCUT2D eigenvalue weighted by atomic mass is 9.90. The monoisotopic (exact) mass is 372 g/mol. The fraction of sp³-hybridized carbons (Fsp3) is 0.261. The Kier molecular flexibility index (Phi) is 3.81. The van der Waals surface area contributed by atoms with Gasteiger partial charge in [0.05, 0.1) is 23.6 Å². The summed E-state index contributed by atoms with van der Waals surface area (Å²) in [4.78, 5) is 42.6. The maximum Gasteiger partial charge on any atom is 0.239 e. The van der Waals surface area contributed by atoms with Crippen molar-refractivity contribution in [1.29, 1.82) is 0 Å². The van der Waals surface area contributed by atoms with Gasteiger partial charge in [-0.1, -0.05) is 48.5 Å². The molecule has 5 heteroatoms. The van der Waals surface area contributed by atoms with Gasteiger partial charge in [-0.2, -0.15) is 0 Å². The van der Waals surface area contributed by atoms with E-state index >= 15 is 0 Å². The molecule has 5 rings (SSSR count). The van der Waals surface area contributed by atoms with Gasteiger partial charge in [0.1, 0.15) is 0 Å². The number of benzene rings is 2. The van der Waals surface area contributed by atoms with Crippen LogP contribution in [0, 0.1) is 18.8 Å². The molecule has 0 spiro atoms. The normalized spacial score (nSPS) is 28.9. The number of para-hydroxylation sites is 1. The summed E-state index contributed by atoms with van der Waals surface area (Å²) in [5.74, 6) is -1.69. The zero-order valence-electron chi connectivity index (χ0n) is 15.5. The van der Waals surface area contributed by atoms with Crippen molar-refractivity contribution in [2.75, 3.05) is 4.90 Å². The molecule has 0 aromatic heterocycles. The zero-order chi connectivity index (χ0) is 19.4. The molecule has 0 aliphatic carbocycles. The van der Waals surface area contributed by atoms with E-state index in [2.05, 4.69) is 0 Å². The number of rotatable bonds is 3. The van der Waals surface area contributed by atoms with Crippen molar-refractivity contribution in [3.63, 3.8) is 0 Å². The predicted octanol–water partition coefficient (Wildman–Crippen LogP) is 2.49. The van der Waals surface area contributed by atoms with Gasteiger partial charge < -0.3 is 0 Å². The Morgan fingerprint density at radius 2 is 1.54 bits per heavy atom. The van der Waals surface area contributed by atoms with Crippen LogP contribution in [0.15, 0.2) is 66.7 Å². The molecule has 0 N–H and O–H groups in total. The van der Waals surface area contributed by atoms with E-state index in [1.165, 1.54) is 4.90 Å². The molecule has 2 aromatic carbocycles. The molecule has 4 atom stereocenters. The SMILES string of the molecule is Cc1ccccc1CN1[C@@H]2C(=O)C=C[C@H]1[C@@H]1C(=O)N(c3ccccc3)C(=O)[C@@H]12. The molecular formula is C23H20N2O3. The quantitative estimate of drug-likeness (QED) is 0.777. The van der Waals surface area contributed by atoms with E-state index in [9.17, 15) is 14.4 Å². The number of hydrogen-bond donors (Lipinski definition) is 0. The topological polar surface area (TPSA) is 57.7 Å². The number of carbonyl (C=O) groups excluding carboxylic acids is 3. The zero-order valence-corrected chi connectivity index (χ0v) is 15.5. The highest BCUT2D eigenvalue weighted by Crippen LogP contribution is 2.47. The first-order valence-electron chi connectivity index (χ1n) is 9.53. The van der Waals surface area contributed by atoms with Gasteiger partial charge in [0, 0.05) is 12.6 Å². The second-order valence-corrected chi connectivity index (χ2v) is 7.69. The van der Waals surface area contributed by atoms with E-state index in [-0.39, 0.29) is 23.6 Å². The van der Waals surface area contributed by atoms with Crippen molar-refractivity contribution >= 4 is 23.3 Å². The van der Waals surface area contributed by atoms with Gasteiger partial charge in [-0.05, 0) is 36.3 Å². The predicted molar refractivity (Wildman–Crippen MR) is 104 cm³/mol. The van der Waals surface area contributed by atoms with Gasteiger partial charge in [-0.25, -0.2) is 4.90 Å². The molecule has 2 amide bonds. The molecule has 3 heterocycles. The lowest BCUT2D eigenvalue weighted by molar-refractivity contribution is -0.129. The number of ketones is 1. The van der Waals surface area contributed by atoms with Crippen molar-refractivity contribution in [2.24, 2.45) is 11.8 Å². The first-order chi connectivity index (χ1) is 13.6. The number of imide groups is 1. The average Bonchev–Trinajstić information content (AvgIpc) is 3.08. The average molecular weight is 372 g/mol. The van der Waals surface area contributed by atoms with E-state index in [0.29, 0.717) is 12.2 Å². The highest BCUT2D eigenvalue weighted by Gasteiger charge is 2.64. The first-order valence-corrected chi connectivity index (χ1v) is 9.53.